The van der Waals surface area contributed by atoms with Gasteiger partial charge < -0.3 is 14.8 Å². The number of aromatic nitrogens is 2. The fourth-order valence-corrected chi connectivity index (χ4v) is 3.64. The molecule has 0 fully saturated rings. The van der Waals surface area contributed by atoms with Crippen molar-refractivity contribution in [1.82, 2.24) is 9.55 Å². The van der Waals surface area contributed by atoms with Crippen LogP contribution in [0.2, 0.25) is 0 Å². The molecule has 6 heteroatoms. The molecule has 0 radical (unpaired) electrons. The van der Waals surface area contributed by atoms with Crippen LogP contribution in [0.15, 0.2) is 53.7 Å². The Balaban J connectivity index is 1.91. The topological polar surface area (TPSA) is 67.2 Å². The van der Waals surface area contributed by atoms with Gasteiger partial charge in [0.25, 0.3) is 5.56 Å². The lowest BCUT2D eigenvalue weighted by atomic mass is 9.95. The molecule has 0 atom stereocenters. The number of pyridine rings is 2. The predicted molar refractivity (Wildman–Crippen MR) is 111 cm³/mol. The summed E-state index contributed by atoms with van der Waals surface area (Å²) in [6, 6.07) is 9.94. The normalized spacial score (nSPS) is 13.0. The maximum absolute atomic E-state index is 12.1. The van der Waals surface area contributed by atoms with Gasteiger partial charge in [0, 0.05) is 38.5 Å². The zero-order chi connectivity index (χ0) is 19.8. The number of anilines is 3. The number of amides is 1. The van der Waals surface area contributed by atoms with Crippen LogP contribution in [-0.2, 0) is 18.3 Å². The van der Waals surface area contributed by atoms with Crippen LogP contribution < -0.4 is 15.8 Å². The average Bonchev–Trinajstić information content (AvgIpc) is 2.71. The van der Waals surface area contributed by atoms with Crippen LogP contribution in [0.25, 0.3) is 11.1 Å². The molecule has 142 valence electrons. The van der Waals surface area contributed by atoms with Gasteiger partial charge in [0.05, 0.1) is 23.3 Å². The SMILES string of the molecule is Cc1cc(-c2cc3c(c(N(C)c4cccnc4)c2)NC(=O)CC3)cn(C)c1=O. The van der Waals surface area contributed by atoms with Gasteiger partial charge in [-0.3, -0.25) is 14.6 Å². The number of aryl methyl sites for hydroxylation is 3. The van der Waals surface area contributed by atoms with Crippen molar-refractivity contribution in [2.24, 2.45) is 7.05 Å². The monoisotopic (exact) mass is 374 g/mol. The van der Waals surface area contributed by atoms with Gasteiger partial charge in [-0.1, -0.05) is 0 Å². The number of nitrogens with one attached hydrogen (secondary N) is 1. The van der Waals surface area contributed by atoms with E-state index in [4.69, 9.17) is 0 Å². The molecule has 0 bridgehead atoms. The summed E-state index contributed by atoms with van der Waals surface area (Å²) in [5, 5.41) is 3.03. The van der Waals surface area contributed by atoms with Gasteiger partial charge in [0.2, 0.25) is 5.91 Å². The van der Waals surface area contributed by atoms with Crippen LogP contribution in [-0.4, -0.2) is 22.5 Å². The number of rotatable bonds is 3. The highest BCUT2D eigenvalue weighted by Gasteiger charge is 2.22. The highest BCUT2D eigenvalue weighted by molar-refractivity contribution is 5.99. The second-order valence-electron chi connectivity index (χ2n) is 7.18. The van der Waals surface area contributed by atoms with E-state index < -0.39 is 0 Å². The zero-order valence-electron chi connectivity index (χ0n) is 16.2. The Hall–Kier alpha value is -3.41. The van der Waals surface area contributed by atoms with Gasteiger partial charge in [-0.2, -0.15) is 0 Å². The van der Waals surface area contributed by atoms with Crippen molar-refractivity contribution in [2.45, 2.75) is 19.8 Å². The van der Waals surface area contributed by atoms with E-state index in [2.05, 4.69) is 22.4 Å². The molecule has 0 aliphatic carbocycles. The first-order valence-corrected chi connectivity index (χ1v) is 9.22. The molecule has 4 rings (SSSR count). The molecule has 1 aliphatic heterocycles. The van der Waals surface area contributed by atoms with Gasteiger partial charge in [-0.05, 0) is 60.4 Å². The molecule has 1 N–H and O–H groups in total. The van der Waals surface area contributed by atoms with E-state index in [1.54, 1.807) is 24.0 Å². The smallest absolute Gasteiger partial charge is 0.253 e. The predicted octanol–water partition coefficient (Wildman–Crippen LogP) is 3.41. The van der Waals surface area contributed by atoms with Crippen LogP contribution in [0, 0.1) is 6.92 Å². The number of benzene rings is 1. The summed E-state index contributed by atoms with van der Waals surface area (Å²) in [5.41, 5.74) is 6.45. The molecule has 1 aliphatic rings. The lowest BCUT2D eigenvalue weighted by Crippen LogP contribution is -2.22. The molecule has 3 heterocycles. The van der Waals surface area contributed by atoms with Crippen molar-refractivity contribution in [3.63, 3.8) is 0 Å². The number of hydrogen-bond acceptors (Lipinski definition) is 4. The molecule has 0 saturated heterocycles. The molecule has 1 aromatic carbocycles. The Labute approximate surface area is 163 Å². The third kappa shape index (κ3) is 3.17. The second-order valence-corrected chi connectivity index (χ2v) is 7.18. The summed E-state index contributed by atoms with van der Waals surface area (Å²) in [7, 11) is 3.73. The van der Waals surface area contributed by atoms with E-state index in [0.717, 1.165) is 33.8 Å². The first-order valence-electron chi connectivity index (χ1n) is 9.22. The summed E-state index contributed by atoms with van der Waals surface area (Å²) in [6.07, 6.45) is 6.54. The van der Waals surface area contributed by atoms with Crippen molar-refractivity contribution in [2.75, 3.05) is 17.3 Å². The van der Waals surface area contributed by atoms with Crippen molar-refractivity contribution in [3.8, 4) is 11.1 Å². The quantitative estimate of drug-likeness (QED) is 0.763. The second kappa shape index (κ2) is 6.96. The molecule has 0 unspecified atom stereocenters. The highest BCUT2D eigenvalue weighted by atomic mass is 16.1. The molecule has 3 aromatic rings. The van der Waals surface area contributed by atoms with E-state index in [-0.39, 0.29) is 11.5 Å². The lowest BCUT2D eigenvalue weighted by molar-refractivity contribution is -0.116. The Kier molecular flexibility index (Phi) is 4.47. The average molecular weight is 374 g/mol. The largest absolute Gasteiger partial charge is 0.342 e. The molecule has 0 saturated carbocycles. The number of carbonyl (C=O) groups is 1. The number of hydrogen-bond donors (Lipinski definition) is 1. The Bertz CT molecular complexity index is 1090. The third-order valence-corrected chi connectivity index (χ3v) is 5.18. The van der Waals surface area contributed by atoms with Crippen LogP contribution in [0.5, 0.6) is 0 Å². The van der Waals surface area contributed by atoms with Crippen LogP contribution in [0.1, 0.15) is 17.5 Å². The first-order chi connectivity index (χ1) is 13.4. The third-order valence-electron chi connectivity index (χ3n) is 5.18. The van der Waals surface area contributed by atoms with Crippen molar-refractivity contribution >= 4 is 23.0 Å². The van der Waals surface area contributed by atoms with E-state index in [9.17, 15) is 9.59 Å². The lowest BCUT2D eigenvalue weighted by Gasteiger charge is -2.28. The summed E-state index contributed by atoms with van der Waals surface area (Å²) < 4.78 is 1.61. The molecule has 1 amide bonds. The van der Waals surface area contributed by atoms with Crippen molar-refractivity contribution in [1.29, 1.82) is 0 Å². The van der Waals surface area contributed by atoms with Crippen LogP contribution in [0.3, 0.4) is 0 Å². The number of fused-ring (bicyclic) bond motifs is 1. The minimum Gasteiger partial charge on any atom is -0.342 e. The van der Waals surface area contributed by atoms with Gasteiger partial charge >= 0.3 is 0 Å². The summed E-state index contributed by atoms with van der Waals surface area (Å²) in [6.45, 7) is 1.83. The summed E-state index contributed by atoms with van der Waals surface area (Å²) >= 11 is 0. The Morgan fingerprint density at radius 2 is 1.96 bits per heavy atom. The molecule has 28 heavy (non-hydrogen) atoms. The van der Waals surface area contributed by atoms with Crippen molar-refractivity contribution < 1.29 is 4.79 Å². The molecular weight excluding hydrogens is 352 g/mol. The maximum atomic E-state index is 12.1. The first kappa shape index (κ1) is 18.0. The molecule has 6 nitrogen and oxygen atoms in total. The highest BCUT2D eigenvalue weighted by Crippen LogP contribution is 2.39. The van der Waals surface area contributed by atoms with Crippen LogP contribution in [0.4, 0.5) is 17.1 Å². The van der Waals surface area contributed by atoms with E-state index in [0.29, 0.717) is 18.4 Å². The van der Waals surface area contributed by atoms with E-state index in [1.807, 2.05) is 43.3 Å². The van der Waals surface area contributed by atoms with Crippen LogP contribution >= 0.6 is 0 Å². The molecule has 0 spiro atoms. The van der Waals surface area contributed by atoms with Gasteiger partial charge in [-0.15, -0.1) is 0 Å². The van der Waals surface area contributed by atoms with E-state index >= 15 is 0 Å². The standard InChI is InChI=1S/C22H22N4O2/c1-14-9-17(13-25(2)22(14)28)16-10-15-6-7-20(27)24-21(15)19(11-16)26(3)18-5-4-8-23-12-18/h4-5,8-13H,6-7H2,1-3H3,(H,24,27). The number of carbonyl (C=O) groups excluding carboxylic acids is 1. The Morgan fingerprint density at radius 3 is 2.68 bits per heavy atom. The van der Waals surface area contributed by atoms with E-state index in [1.165, 1.54) is 0 Å². The number of nitrogens with zero attached hydrogens (tertiary/aromatic N) is 3. The minimum absolute atomic E-state index is 0.00155. The fraction of sp³-hybridized carbons (Fsp3) is 0.227. The fourth-order valence-electron chi connectivity index (χ4n) is 3.64. The van der Waals surface area contributed by atoms with Gasteiger partial charge in [-0.25, -0.2) is 0 Å². The van der Waals surface area contributed by atoms with Gasteiger partial charge in [0.15, 0.2) is 0 Å². The molecular formula is C22H22N4O2. The van der Waals surface area contributed by atoms with Gasteiger partial charge in [0.1, 0.15) is 0 Å². The Morgan fingerprint density at radius 1 is 1.14 bits per heavy atom. The summed E-state index contributed by atoms with van der Waals surface area (Å²) in [4.78, 5) is 30.3. The zero-order valence-corrected chi connectivity index (χ0v) is 16.2. The molecule has 2 aromatic heterocycles. The van der Waals surface area contributed by atoms with Crippen molar-refractivity contribution in [3.05, 3.63) is 70.4 Å². The maximum Gasteiger partial charge on any atom is 0.253 e. The minimum atomic E-state index is 0.00155. The summed E-state index contributed by atoms with van der Waals surface area (Å²) in [5.74, 6) is 0.0269.